The molecule has 1 atom stereocenters. The molecule has 9 nitrogen and oxygen atoms in total. The monoisotopic (exact) mass is 377 g/mol. The van der Waals surface area contributed by atoms with E-state index in [9.17, 15) is 28.4 Å². The first-order valence-electron chi connectivity index (χ1n) is 8.18. The number of imide groups is 2. The van der Waals surface area contributed by atoms with Gasteiger partial charge in [0.2, 0.25) is 11.8 Å². The molecule has 4 amide bonds. The first-order chi connectivity index (χ1) is 12.7. The summed E-state index contributed by atoms with van der Waals surface area (Å²) in [4.78, 5) is 61.3. The molecule has 1 aromatic carbocycles. The number of hydrogen-bond acceptors (Lipinski definition) is 6. The van der Waals surface area contributed by atoms with Gasteiger partial charge >= 0.3 is 5.97 Å². The summed E-state index contributed by atoms with van der Waals surface area (Å²) in [6.45, 7) is 0.00400. The second-order valence-corrected chi connectivity index (χ2v) is 6.36. The lowest BCUT2D eigenvalue weighted by molar-refractivity contribution is -0.137. The number of anilines is 1. The van der Waals surface area contributed by atoms with Crippen LogP contribution in [0.25, 0.3) is 0 Å². The Labute approximate surface area is 152 Å². The van der Waals surface area contributed by atoms with Crippen LogP contribution in [0.5, 0.6) is 0 Å². The van der Waals surface area contributed by atoms with Crippen LogP contribution in [0, 0.1) is 5.82 Å². The molecule has 27 heavy (non-hydrogen) atoms. The quantitative estimate of drug-likeness (QED) is 0.699. The number of carboxylic acid groups (broad SMARTS) is 1. The third-order valence-corrected chi connectivity index (χ3v) is 4.58. The summed E-state index contributed by atoms with van der Waals surface area (Å²) in [7, 11) is 1.47. The number of aliphatic carboxylic acids is 1. The van der Waals surface area contributed by atoms with Gasteiger partial charge in [-0.15, -0.1) is 0 Å². The molecule has 1 saturated heterocycles. The minimum atomic E-state index is -1.13. The summed E-state index contributed by atoms with van der Waals surface area (Å²) in [5, 5.41) is 10.8. The number of piperidine rings is 1. The fourth-order valence-electron chi connectivity index (χ4n) is 3.16. The Kier molecular flexibility index (Phi) is 4.64. The van der Waals surface area contributed by atoms with Crippen LogP contribution in [-0.4, -0.2) is 59.2 Å². The Morgan fingerprint density at radius 3 is 2.48 bits per heavy atom. The molecule has 2 aliphatic rings. The van der Waals surface area contributed by atoms with Gasteiger partial charge in [0.1, 0.15) is 11.9 Å². The van der Waals surface area contributed by atoms with Crippen LogP contribution < -0.4 is 10.2 Å². The summed E-state index contributed by atoms with van der Waals surface area (Å²) in [5.41, 5.74) is -0.262. The number of rotatable bonds is 5. The lowest BCUT2D eigenvalue weighted by Gasteiger charge is -2.27. The van der Waals surface area contributed by atoms with E-state index < -0.39 is 41.5 Å². The average molecular weight is 377 g/mol. The standard InChI is InChI=1S/C17H16FN3O6/c1-20(5-4-14(23)24)12-7-9-8(6-10(12)18)16(26)21(17(9)27)11-2-3-13(22)19-15(11)25/h6-7,11H,2-5H2,1H3,(H,23,24)(H,19,22,25). The van der Waals surface area contributed by atoms with E-state index in [4.69, 9.17) is 5.11 Å². The molecule has 0 aliphatic carbocycles. The van der Waals surface area contributed by atoms with Crippen LogP contribution in [0.1, 0.15) is 40.0 Å². The van der Waals surface area contributed by atoms with E-state index in [0.717, 1.165) is 11.0 Å². The first-order valence-corrected chi connectivity index (χ1v) is 8.18. The lowest BCUT2D eigenvalue weighted by Crippen LogP contribution is -2.54. The number of hydrogen-bond donors (Lipinski definition) is 2. The SMILES string of the molecule is CN(CCC(=O)O)c1cc2c(cc1F)C(=O)N(C1CCC(=O)NC1=O)C2=O. The van der Waals surface area contributed by atoms with E-state index in [1.165, 1.54) is 18.0 Å². The maximum absolute atomic E-state index is 14.4. The molecule has 1 fully saturated rings. The Bertz CT molecular complexity index is 884. The Balaban J connectivity index is 1.91. The highest BCUT2D eigenvalue weighted by atomic mass is 19.1. The zero-order chi connectivity index (χ0) is 19.9. The van der Waals surface area contributed by atoms with Crippen molar-refractivity contribution in [3.05, 3.63) is 29.1 Å². The third kappa shape index (κ3) is 3.25. The molecule has 0 saturated carbocycles. The number of nitrogens with one attached hydrogen (secondary N) is 1. The van der Waals surface area contributed by atoms with E-state index >= 15 is 0 Å². The molecular weight excluding hydrogens is 361 g/mol. The molecule has 1 unspecified atom stereocenters. The summed E-state index contributed by atoms with van der Waals surface area (Å²) in [6.07, 6.45) is -0.242. The van der Waals surface area contributed by atoms with Gasteiger partial charge < -0.3 is 10.0 Å². The minimum absolute atomic E-state index is 0.00396. The predicted molar refractivity (Wildman–Crippen MR) is 88.6 cm³/mol. The Morgan fingerprint density at radius 2 is 1.89 bits per heavy atom. The molecule has 2 N–H and O–H groups in total. The van der Waals surface area contributed by atoms with Crippen molar-refractivity contribution in [1.29, 1.82) is 0 Å². The van der Waals surface area contributed by atoms with Gasteiger partial charge in [-0.1, -0.05) is 0 Å². The van der Waals surface area contributed by atoms with Gasteiger partial charge in [-0.2, -0.15) is 0 Å². The molecule has 3 rings (SSSR count). The molecule has 2 aliphatic heterocycles. The highest BCUT2D eigenvalue weighted by molar-refractivity contribution is 6.23. The number of amides is 4. The third-order valence-electron chi connectivity index (χ3n) is 4.58. The topological polar surface area (TPSA) is 124 Å². The number of carbonyl (C=O) groups is 5. The number of halogens is 1. The van der Waals surface area contributed by atoms with Crippen molar-refractivity contribution in [3.8, 4) is 0 Å². The summed E-state index contributed by atoms with van der Waals surface area (Å²) >= 11 is 0. The van der Waals surface area contributed by atoms with Gasteiger partial charge in [0.05, 0.1) is 23.2 Å². The molecule has 10 heteroatoms. The van der Waals surface area contributed by atoms with E-state index in [-0.39, 0.29) is 42.6 Å². The number of benzene rings is 1. The Hall–Kier alpha value is -3.30. The normalized spacial score (nSPS) is 19.2. The highest BCUT2D eigenvalue weighted by Gasteiger charge is 2.45. The van der Waals surface area contributed by atoms with Crippen molar-refractivity contribution >= 4 is 35.3 Å². The Morgan fingerprint density at radius 1 is 1.26 bits per heavy atom. The molecule has 0 radical (unpaired) electrons. The second-order valence-electron chi connectivity index (χ2n) is 6.36. The van der Waals surface area contributed by atoms with E-state index in [1.54, 1.807) is 0 Å². The van der Waals surface area contributed by atoms with Crippen molar-refractivity contribution in [1.82, 2.24) is 10.2 Å². The largest absolute Gasteiger partial charge is 0.481 e. The fourth-order valence-corrected chi connectivity index (χ4v) is 3.16. The number of fused-ring (bicyclic) bond motifs is 1. The van der Waals surface area contributed by atoms with Gasteiger partial charge in [-0.25, -0.2) is 4.39 Å². The highest BCUT2D eigenvalue weighted by Crippen LogP contribution is 2.32. The van der Waals surface area contributed by atoms with Gasteiger partial charge in [0.25, 0.3) is 11.8 Å². The van der Waals surface area contributed by atoms with Crippen LogP contribution in [-0.2, 0) is 14.4 Å². The molecule has 0 aromatic heterocycles. The zero-order valence-electron chi connectivity index (χ0n) is 14.3. The average Bonchev–Trinajstić information content (AvgIpc) is 2.83. The second kappa shape index (κ2) is 6.78. The first kappa shape index (κ1) is 18.5. The van der Waals surface area contributed by atoms with Gasteiger partial charge in [-0.05, 0) is 18.6 Å². The van der Waals surface area contributed by atoms with Crippen molar-refractivity contribution in [2.24, 2.45) is 0 Å². The molecule has 0 spiro atoms. The minimum Gasteiger partial charge on any atom is -0.481 e. The summed E-state index contributed by atoms with van der Waals surface area (Å²) in [6, 6.07) is 0.957. The van der Waals surface area contributed by atoms with Crippen LogP contribution in [0.3, 0.4) is 0 Å². The van der Waals surface area contributed by atoms with E-state index in [0.29, 0.717) is 0 Å². The van der Waals surface area contributed by atoms with Crippen molar-refractivity contribution in [3.63, 3.8) is 0 Å². The van der Waals surface area contributed by atoms with Gasteiger partial charge in [0, 0.05) is 20.0 Å². The predicted octanol–water partition coefficient (Wildman–Crippen LogP) is 0.138. The smallest absolute Gasteiger partial charge is 0.305 e. The fraction of sp³-hybridized carbons (Fsp3) is 0.353. The van der Waals surface area contributed by atoms with Gasteiger partial charge in [0.15, 0.2) is 0 Å². The maximum atomic E-state index is 14.4. The zero-order valence-corrected chi connectivity index (χ0v) is 14.3. The van der Waals surface area contributed by atoms with Crippen molar-refractivity contribution in [2.45, 2.75) is 25.3 Å². The van der Waals surface area contributed by atoms with Crippen LogP contribution in [0.4, 0.5) is 10.1 Å². The summed E-state index contributed by atoms with van der Waals surface area (Å²) < 4.78 is 14.4. The van der Waals surface area contributed by atoms with E-state index in [1.807, 2.05) is 0 Å². The molecule has 2 heterocycles. The molecule has 1 aromatic rings. The number of carboxylic acids is 1. The van der Waals surface area contributed by atoms with Gasteiger partial charge in [-0.3, -0.25) is 34.2 Å². The number of carbonyl (C=O) groups excluding carboxylic acids is 4. The van der Waals surface area contributed by atoms with Crippen LogP contribution >= 0.6 is 0 Å². The van der Waals surface area contributed by atoms with Crippen LogP contribution in [0.2, 0.25) is 0 Å². The van der Waals surface area contributed by atoms with Crippen LogP contribution in [0.15, 0.2) is 12.1 Å². The van der Waals surface area contributed by atoms with Crippen molar-refractivity contribution < 1.29 is 33.5 Å². The molecule has 0 bridgehead atoms. The van der Waals surface area contributed by atoms with E-state index in [2.05, 4.69) is 5.32 Å². The lowest BCUT2D eigenvalue weighted by atomic mass is 10.0. The maximum Gasteiger partial charge on any atom is 0.305 e. The molecule has 142 valence electrons. The van der Waals surface area contributed by atoms with Crippen molar-refractivity contribution in [2.75, 3.05) is 18.5 Å². The number of nitrogens with zero attached hydrogens (tertiary/aromatic N) is 2. The molecular formula is C17H16FN3O6. The summed E-state index contributed by atoms with van der Waals surface area (Å²) in [5.74, 6) is -4.63.